The molecular weight excluding hydrogens is 202 g/mol. The highest BCUT2D eigenvalue weighted by Gasteiger charge is 2.34. The molecule has 84 valence electrons. The standard InChI is InChI=1S/C13H21NS/c1-12(2)6-4-7-13(14,9-8-12)11-5-3-10-15-11/h3,5,10H,4,6-9,14H2,1-2H3. The van der Waals surface area contributed by atoms with Gasteiger partial charge < -0.3 is 5.73 Å². The van der Waals surface area contributed by atoms with Crippen molar-refractivity contribution in [3.63, 3.8) is 0 Å². The van der Waals surface area contributed by atoms with E-state index in [9.17, 15) is 0 Å². The molecule has 0 saturated heterocycles. The fraction of sp³-hybridized carbons (Fsp3) is 0.692. The molecule has 0 amide bonds. The molecule has 0 aromatic carbocycles. The lowest BCUT2D eigenvalue weighted by Gasteiger charge is -2.28. The van der Waals surface area contributed by atoms with Crippen molar-refractivity contribution in [1.82, 2.24) is 0 Å². The predicted molar refractivity (Wildman–Crippen MR) is 67.1 cm³/mol. The first-order valence-corrected chi connectivity index (χ1v) is 6.73. The van der Waals surface area contributed by atoms with Crippen molar-refractivity contribution < 1.29 is 0 Å². The van der Waals surface area contributed by atoms with Crippen LogP contribution in [-0.2, 0) is 5.54 Å². The second-order valence-electron chi connectivity index (χ2n) is 5.65. The summed E-state index contributed by atoms with van der Waals surface area (Å²) in [5, 5.41) is 2.14. The van der Waals surface area contributed by atoms with Gasteiger partial charge in [0.25, 0.3) is 0 Å². The third-order valence-corrected chi connectivity index (χ3v) is 4.83. The van der Waals surface area contributed by atoms with Crippen molar-refractivity contribution >= 4 is 11.3 Å². The summed E-state index contributed by atoms with van der Waals surface area (Å²) in [6.45, 7) is 4.74. The van der Waals surface area contributed by atoms with Crippen LogP contribution in [0.15, 0.2) is 17.5 Å². The molecule has 15 heavy (non-hydrogen) atoms. The van der Waals surface area contributed by atoms with Crippen LogP contribution < -0.4 is 5.73 Å². The highest BCUT2D eigenvalue weighted by Crippen LogP contribution is 2.42. The van der Waals surface area contributed by atoms with Gasteiger partial charge >= 0.3 is 0 Å². The Bertz CT molecular complexity index is 315. The lowest BCUT2D eigenvalue weighted by atomic mass is 9.83. The second-order valence-corrected chi connectivity index (χ2v) is 6.60. The van der Waals surface area contributed by atoms with Gasteiger partial charge in [-0.05, 0) is 42.5 Å². The average Bonchev–Trinajstić information content (AvgIpc) is 2.64. The summed E-state index contributed by atoms with van der Waals surface area (Å²) in [5.74, 6) is 0. The van der Waals surface area contributed by atoms with Gasteiger partial charge in [-0.3, -0.25) is 0 Å². The van der Waals surface area contributed by atoms with Gasteiger partial charge in [-0.15, -0.1) is 11.3 Å². The normalized spacial score (nSPS) is 31.1. The Morgan fingerprint density at radius 3 is 2.67 bits per heavy atom. The van der Waals surface area contributed by atoms with Gasteiger partial charge in [0.15, 0.2) is 0 Å². The highest BCUT2D eigenvalue weighted by molar-refractivity contribution is 7.10. The molecule has 1 atom stereocenters. The summed E-state index contributed by atoms with van der Waals surface area (Å²) in [6, 6.07) is 4.31. The first-order chi connectivity index (χ1) is 7.02. The first-order valence-electron chi connectivity index (χ1n) is 5.85. The molecule has 1 aliphatic carbocycles. The quantitative estimate of drug-likeness (QED) is 0.718. The largest absolute Gasteiger partial charge is 0.321 e. The molecule has 1 nitrogen and oxygen atoms in total. The van der Waals surface area contributed by atoms with E-state index in [0.29, 0.717) is 5.41 Å². The Kier molecular flexibility index (Phi) is 2.91. The number of thiophene rings is 1. The fourth-order valence-electron chi connectivity index (χ4n) is 2.50. The van der Waals surface area contributed by atoms with Crippen LogP contribution in [0.5, 0.6) is 0 Å². The van der Waals surface area contributed by atoms with Crippen LogP contribution in [-0.4, -0.2) is 0 Å². The van der Waals surface area contributed by atoms with Crippen LogP contribution in [0.1, 0.15) is 50.8 Å². The Labute approximate surface area is 96.7 Å². The van der Waals surface area contributed by atoms with Gasteiger partial charge in [0.05, 0.1) is 5.54 Å². The molecule has 0 aliphatic heterocycles. The molecule has 1 aromatic rings. The second kappa shape index (κ2) is 3.91. The monoisotopic (exact) mass is 223 g/mol. The van der Waals surface area contributed by atoms with E-state index in [2.05, 4.69) is 31.4 Å². The third-order valence-electron chi connectivity index (χ3n) is 3.74. The van der Waals surface area contributed by atoms with Crippen molar-refractivity contribution in [2.75, 3.05) is 0 Å². The van der Waals surface area contributed by atoms with Crippen molar-refractivity contribution in [2.24, 2.45) is 11.1 Å². The molecule has 0 bridgehead atoms. The Morgan fingerprint density at radius 1 is 1.20 bits per heavy atom. The molecule has 1 unspecified atom stereocenters. The molecule has 1 fully saturated rings. The SMILES string of the molecule is CC1(C)CCCC(N)(c2cccs2)CC1. The summed E-state index contributed by atoms with van der Waals surface area (Å²) < 4.78 is 0. The smallest absolute Gasteiger partial charge is 0.0503 e. The molecule has 0 radical (unpaired) electrons. The van der Waals surface area contributed by atoms with E-state index in [4.69, 9.17) is 5.73 Å². The molecule has 1 aromatic heterocycles. The molecule has 2 heteroatoms. The maximum absolute atomic E-state index is 6.56. The summed E-state index contributed by atoms with van der Waals surface area (Å²) in [4.78, 5) is 1.38. The van der Waals surface area contributed by atoms with E-state index >= 15 is 0 Å². The molecule has 2 rings (SSSR count). The Morgan fingerprint density at radius 2 is 2.00 bits per heavy atom. The van der Waals surface area contributed by atoms with E-state index in [1.807, 2.05) is 11.3 Å². The zero-order valence-corrected chi connectivity index (χ0v) is 10.6. The predicted octanol–water partition coefficient (Wildman–Crippen LogP) is 3.89. The van der Waals surface area contributed by atoms with Crippen LogP contribution >= 0.6 is 11.3 Å². The molecule has 2 N–H and O–H groups in total. The van der Waals surface area contributed by atoms with Gasteiger partial charge in [-0.2, -0.15) is 0 Å². The zero-order valence-electron chi connectivity index (χ0n) is 9.75. The zero-order chi connectivity index (χ0) is 10.9. The van der Waals surface area contributed by atoms with Crippen LogP contribution in [0.3, 0.4) is 0 Å². The van der Waals surface area contributed by atoms with E-state index in [1.54, 1.807) is 0 Å². The minimum absolute atomic E-state index is 0.0397. The van der Waals surface area contributed by atoms with Crippen molar-refractivity contribution in [3.8, 4) is 0 Å². The molecule has 1 saturated carbocycles. The average molecular weight is 223 g/mol. The molecule has 1 aliphatic rings. The molecule has 1 heterocycles. The maximum Gasteiger partial charge on any atom is 0.0503 e. The summed E-state index contributed by atoms with van der Waals surface area (Å²) in [5.41, 5.74) is 7.00. The molecule has 0 spiro atoms. The van der Waals surface area contributed by atoms with E-state index in [0.717, 1.165) is 12.8 Å². The van der Waals surface area contributed by atoms with Gasteiger partial charge in [0.1, 0.15) is 0 Å². The van der Waals surface area contributed by atoms with Crippen molar-refractivity contribution in [1.29, 1.82) is 0 Å². The van der Waals surface area contributed by atoms with Crippen LogP contribution in [0.2, 0.25) is 0 Å². The van der Waals surface area contributed by atoms with Gasteiger partial charge in [0.2, 0.25) is 0 Å². The minimum atomic E-state index is -0.0397. The summed E-state index contributed by atoms with van der Waals surface area (Å²) in [7, 11) is 0. The number of hydrogen-bond acceptors (Lipinski definition) is 2. The lowest BCUT2D eigenvalue weighted by molar-refractivity contribution is 0.300. The Balaban J connectivity index is 2.17. The van der Waals surface area contributed by atoms with Crippen molar-refractivity contribution in [3.05, 3.63) is 22.4 Å². The van der Waals surface area contributed by atoms with Crippen LogP contribution in [0.25, 0.3) is 0 Å². The molecular formula is C13H21NS. The fourth-order valence-corrected chi connectivity index (χ4v) is 3.40. The topological polar surface area (TPSA) is 26.0 Å². The minimum Gasteiger partial charge on any atom is -0.321 e. The number of hydrogen-bond donors (Lipinski definition) is 1. The highest BCUT2D eigenvalue weighted by atomic mass is 32.1. The van der Waals surface area contributed by atoms with Gasteiger partial charge in [-0.1, -0.05) is 26.3 Å². The number of nitrogens with two attached hydrogens (primary N) is 1. The lowest BCUT2D eigenvalue weighted by Crippen LogP contribution is -2.35. The third kappa shape index (κ3) is 2.43. The van der Waals surface area contributed by atoms with E-state index < -0.39 is 0 Å². The first kappa shape index (κ1) is 11.2. The number of rotatable bonds is 1. The Hall–Kier alpha value is -0.340. The van der Waals surface area contributed by atoms with Gasteiger partial charge in [0, 0.05) is 4.88 Å². The van der Waals surface area contributed by atoms with E-state index in [1.165, 1.54) is 24.1 Å². The maximum atomic E-state index is 6.56. The van der Waals surface area contributed by atoms with E-state index in [-0.39, 0.29) is 5.54 Å². The van der Waals surface area contributed by atoms with Crippen LogP contribution in [0.4, 0.5) is 0 Å². The summed E-state index contributed by atoms with van der Waals surface area (Å²) in [6.07, 6.45) is 6.12. The van der Waals surface area contributed by atoms with Gasteiger partial charge in [-0.25, -0.2) is 0 Å². The van der Waals surface area contributed by atoms with Crippen molar-refractivity contribution in [2.45, 2.75) is 51.5 Å². The van der Waals surface area contributed by atoms with Crippen LogP contribution in [0, 0.1) is 5.41 Å². The summed E-state index contributed by atoms with van der Waals surface area (Å²) >= 11 is 1.81.